The Labute approximate surface area is 188 Å². The summed E-state index contributed by atoms with van der Waals surface area (Å²) in [6, 6.07) is 16.4. The number of piperazine rings is 1. The molecule has 4 rings (SSSR count). The zero-order valence-corrected chi connectivity index (χ0v) is 17.8. The molecule has 1 fully saturated rings. The van der Waals surface area contributed by atoms with Crippen molar-refractivity contribution in [3.63, 3.8) is 0 Å². The number of aliphatic hydroxyl groups excluding tert-OH is 1. The van der Waals surface area contributed by atoms with Crippen LogP contribution in [0.2, 0.25) is 0 Å². The second-order valence-electron chi connectivity index (χ2n) is 7.77. The number of anilines is 1. The normalized spacial score (nSPS) is 15.2. The molecule has 1 aliphatic heterocycles. The highest BCUT2D eigenvalue weighted by Crippen LogP contribution is 2.33. The van der Waals surface area contributed by atoms with Crippen LogP contribution < -0.4 is 9.64 Å². The molecule has 0 aliphatic carbocycles. The predicted octanol–water partition coefficient (Wildman–Crippen LogP) is 3.64. The van der Waals surface area contributed by atoms with Crippen molar-refractivity contribution >= 4 is 5.69 Å². The van der Waals surface area contributed by atoms with Gasteiger partial charge in [0.2, 0.25) is 0 Å². The minimum atomic E-state index is -0.928. The van der Waals surface area contributed by atoms with Crippen molar-refractivity contribution in [2.45, 2.75) is 12.6 Å². The Morgan fingerprint density at radius 1 is 1.06 bits per heavy atom. The lowest BCUT2D eigenvalue weighted by atomic mass is 9.99. The van der Waals surface area contributed by atoms with Crippen LogP contribution in [0.1, 0.15) is 22.8 Å². The molecule has 1 N–H and O–H groups in total. The standard InChI is InChI=1S/C26H26FN3O2/c1-2-17-32-22-10-8-20(9-11-22)19-29-13-15-30(16-14-29)25-23(6-3-7-24(25)27)26(31)21-5-4-12-28-18-21/h1,3-12,18,26,31H,13-17,19H2/t26-/m0/s1. The van der Waals surface area contributed by atoms with Crippen molar-refractivity contribution in [3.8, 4) is 18.1 Å². The van der Waals surface area contributed by atoms with Gasteiger partial charge in [0.05, 0.1) is 5.69 Å². The minimum Gasteiger partial charge on any atom is -0.481 e. The van der Waals surface area contributed by atoms with E-state index < -0.39 is 6.10 Å². The van der Waals surface area contributed by atoms with Gasteiger partial charge in [0, 0.05) is 56.2 Å². The van der Waals surface area contributed by atoms with Crippen molar-refractivity contribution in [1.82, 2.24) is 9.88 Å². The zero-order valence-electron chi connectivity index (χ0n) is 17.8. The maximum absolute atomic E-state index is 14.9. The average molecular weight is 432 g/mol. The van der Waals surface area contributed by atoms with E-state index in [0.717, 1.165) is 25.4 Å². The molecule has 1 aromatic heterocycles. The van der Waals surface area contributed by atoms with Gasteiger partial charge < -0.3 is 14.7 Å². The van der Waals surface area contributed by atoms with Crippen molar-refractivity contribution in [1.29, 1.82) is 0 Å². The first-order chi connectivity index (χ1) is 15.7. The van der Waals surface area contributed by atoms with Crippen LogP contribution in [-0.2, 0) is 6.54 Å². The van der Waals surface area contributed by atoms with Crippen LogP contribution in [-0.4, -0.2) is 47.8 Å². The molecule has 0 amide bonds. The number of pyridine rings is 1. The number of terminal acetylenes is 1. The minimum absolute atomic E-state index is 0.259. The topological polar surface area (TPSA) is 48.8 Å². The molecule has 0 spiro atoms. The van der Waals surface area contributed by atoms with Crippen LogP contribution >= 0.6 is 0 Å². The van der Waals surface area contributed by atoms with E-state index >= 15 is 0 Å². The number of benzene rings is 2. The fourth-order valence-electron chi connectivity index (χ4n) is 4.01. The van der Waals surface area contributed by atoms with Crippen LogP contribution in [0.4, 0.5) is 10.1 Å². The summed E-state index contributed by atoms with van der Waals surface area (Å²) in [5.41, 5.74) is 2.87. The summed E-state index contributed by atoms with van der Waals surface area (Å²) in [5, 5.41) is 10.9. The number of hydrogen-bond donors (Lipinski definition) is 1. The molecule has 32 heavy (non-hydrogen) atoms. The molecule has 3 aromatic rings. The monoisotopic (exact) mass is 431 g/mol. The molecular weight excluding hydrogens is 405 g/mol. The fourth-order valence-corrected chi connectivity index (χ4v) is 4.01. The van der Waals surface area contributed by atoms with Crippen LogP contribution in [0.15, 0.2) is 67.0 Å². The molecule has 1 aliphatic rings. The molecule has 0 saturated carbocycles. The molecule has 0 unspecified atom stereocenters. The molecule has 2 heterocycles. The predicted molar refractivity (Wildman–Crippen MR) is 123 cm³/mol. The van der Waals surface area contributed by atoms with Crippen molar-refractivity contribution in [2.24, 2.45) is 0 Å². The van der Waals surface area contributed by atoms with Gasteiger partial charge >= 0.3 is 0 Å². The summed E-state index contributed by atoms with van der Waals surface area (Å²) >= 11 is 0. The first-order valence-electron chi connectivity index (χ1n) is 10.6. The van der Waals surface area contributed by atoms with E-state index in [2.05, 4.69) is 15.8 Å². The van der Waals surface area contributed by atoms with Crippen molar-refractivity contribution < 1.29 is 14.2 Å². The maximum Gasteiger partial charge on any atom is 0.148 e. The molecule has 164 valence electrons. The Kier molecular flexibility index (Phi) is 7.00. The third-order valence-electron chi connectivity index (χ3n) is 5.65. The number of rotatable bonds is 7. The Morgan fingerprint density at radius 3 is 2.53 bits per heavy atom. The second kappa shape index (κ2) is 10.3. The van der Waals surface area contributed by atoms with E-state index in [1.165, 1.54) is 11.6 Å². The zero-order chi connectivity index (χ0) is 22.3. The highest BCUT2D eigenvalue weighted by atomic mass is 19.1. The van der Waals surface area contributed by atoms with Gasteiger partial charge in [-0.1, -0.05) is 36.3 Å². The summed E-state index contributed by atoms with van der Waals surface area (Å²) in [6.45, 7) is 4.02. The van der Waals surface area contributed by atoms with Crippen molar-refractivity contribution in [2.75, 3.05) is 37.7 Å². The lowest BCUT2D eigenvalue weighted by Crippen LogP contribution is -2.46. The van der Waals surface area contributed by atoms with Crippen molar-refractivity contribution in [3.05, 3.63) is 89.5 Å². The number of ether oxygens (including phenoxy) is 1. The molecular formula is C26H26FN3O2. The van der Waals surface area contributed by atoms with Gasteiger partial charge in [-0.2, -0.15) is 0 Å². The van der Waals surface area contributed by atoms with Gasteiger partial charge in [-0.3, -0.25) is 9.88 Å². The SMILES string of the molecule is C#CCOc1ccc(CN2CCN(c3c(F)cccc3[C@@H](O)c3cccnc3)CC2)cc1. The number of hydrogen-bond acceptors (Lipinski definition) is 5. The van der Waals surface area contributed by atoms with Gasteiger partial charge in [0.25, 0.3) is 0 Å². The van der Waals surface area contributed by atoms with Crippen LogP contribution in [0.25, 0.3) is 0 Å². The highest BCUT2D eigenvalue weighted by molar-refractivity contribution is 5.58. The summed E-state index contributed by atoms with van der Waals surface area (Å²) in [4.78, 5) is 8.44. The molecule has 1 saturated heterocycles. The molecule has 6 heteroatoms. The Hall–Kier alpha value is -3.40. The third kappa shape index (κ3) is 5.08. The second-order valence-corrected chi connectivity index (χ2v) is 7.77. The Balaban J connectivity index is 1.42. The summed E-state index contributed by atoms with van der Waals surface area (Å²) in [5.74, 6) is 2.90. The average Bonchev–Trinajstić information content (AvgIpc) is 2.84. The largest absolute Gasteiger partial charge is 0.481 e. The van der Waals surface area contributed by atoms with E-state index in [1.807, 2.05) is 29.2 Å². The Bertz CT molecular complexity index is 1060. The Morgan fingerprint density at radius 2 is 1.84 bits per heavy atom. The molecule has 1 atom stereocenters. The number of aliphatic hydroxyl groups is 1. The van der Waals surface area contributed by atoms with Gasteiger partial charge in [0.1, 0.15) is 24.3 Å². The first-order valence-corrected chi connectivity index (χ1v) is 10.6. The maximum atomic E-state index is 14.9. The molecule has 0 radical (unpaired) electrons. The smallest absolute Gasteiger partial charge is 0.148 e. The van der Waals surface area contributed by atoms with Gasteiger partial charge in [-0.15, -0.1) is 6.42 Å². The van der Waals surface area contributed by atoms with E-state index in [9.17, 15) is 9.50 Å². The van der Waals surface area contributed by atoms with E-state index in [0.29, 0.717) is 29.9 Å². The first kappa shape index (κ1) is 21.8. The number of halogens is 1. The third-order valence-corrected chi connectivity index (χ3v) is 5.65. The quantitative estimate of drug-likeness (QED) is 0.579. The molecule has 5 nitrogen and oxygen atoms in total. The summed E-state index contributed by atoms with van der Waals surface area (Å²) < 4.78 is 20.3. The van der Waals surface area contributed by atoms with Crippen LogP contribution in [0, 0.1) is 18.2 Å². The van der Waals surface area contributed by atoms with Crippen LogP contribution in [0.3, 0.4) is 0 Å². The van der Waals surface area contributed by atoms with Crippen LogP contribution in [0.5, 0.6) is 5.75 Å². The van der Waals surface area contributed by atoms with E-state index in [-0.39, 0.29) is 12.4 Å². The number of para-hydroxylation sites is 1. The number of aromatic nitrogens is 1. The lowest BCUT2D eigenvalue weighted by molar-refractivity contribution is 0.218. The van der Waals surface area contributed by atoms with Gasteiger partial charge in [-0.05, 0) is 29.8 Å². The van der Waals surface area contributed by atoms with Gasteiger partial charge in [-0.25, -0.2) is 4.39 Å². The lowest BCUT2D eigenvalue weighted by Gasteiger charge is -2.37. The fraction of sp³-hybridized carbons (Fsp3) is 0.269. The van der Waals surface area contributed by atoms with Gasteiger partial charge in [0.15, 0.2) is 0 Å². The molecule has 2 aromatic carbocycles. The van der Waals surface area contributed by atoms with E-state index in [1.54, 1.807) is 36.7 Å². The highest BCUT2D eigenvalue weighted by Gasteiger charge is 2.25. The molecule has 0 bridgehead atoms. The summed E-state index contributed by atoms with van der Waals surface area (Å²) in [6.07, 6.45) is 7.56. The summed E-state index contributed by atoms with van der Waals surface area (Å²) in [7, 11) is 0. The van der Waals surface area contributed by atoms with E-state index in [4.69, 9.17) is 11.2 Å². The number of nitrogens with zero attached hydrogens (tertiary/aromatic N) is 3.